The van der Waals surface area contributed by atoms with E-state index < -0.39 is 0 Å². The Morgan fingerprint density at radius 3 is 2.54 bits per heavy atom. The lowest BCUT2D eigenvalue weighted by atomic mass is 10.1. The van der Waals surface area contributed by atoms with Gasteiger partial charge in [-0.15, -0.1) is 0 Å². The highest BCUT2D eigenvalue weighted by atomic mass is 16.2. The van der Waals surface area contributed by atoms with Crippen molar-refractivity contribution in [1.82, 2.24) is 5.32 Å². The molecule has 0 aromatic heterocycles. The van der Waals surface area contributed by atoms with E-state index in [4.69, 9.17) is 0 Å². The highest BCUT2D eigenvalue weighted by Gasteiger charge is 2.25. The van der Waals surface area contributed by atoms with Crippen molar-refractivity contribution >= 4 is 17.5 Å². The fraction of sp³-hybridized carbons (Fsp3) is 0.300. The number of benzene rings is 2. The Balaban J connectivity index is 1.54. The van der Waals surface area contributed by atoms with Crippen LogP contribution in [-0.4, -0.2) is 17.9 Å². The molecule has 2 aromatic rings. The smallest absolute Gasteiger partial charge is 0.255 e. The first-order chi connectivity index (χ1) is 11.7. The number of rotatable bonds is 4. The Morgan fingerprint density at radius 1 is 0.917 bits per heavy atom. The van der Waals surface area contributed by atoms with E-state index in [1.165, 1.54) is 11.1 Å². The van der Waals surface area contributed by atoms with Gasteiger partial charge in [0.25, 0.3) is 11.8 Å². The van der Waals surface area contributed by atoms with Gasteiger partial charge in [0, 0.05) is 11.6 Å². The number of fused-ring (bicyclic) bond motifs is 1. The van der Waals surface area contributed by atoms with Gasteiger partial charge in [-0.3, -0.25) is 9.59 Å². The molecule has 24 heavy (non-hydrogen) atoms. The average Bonchev–Trinajstić information content (AvgIpc) is 3.28. The lowest BCUT2D eigenvalue weighted by Crippen LogP contribution is -2.27. The molecule has 0 heterocycles. The standard InChI is InChI=1S/C20H20N2O2/c23-19(15-9-8-13-4-3-5-14(13)12-15)22-18-7-2-1-6-17(18)20(24)21-16-10-11-16/h1-2,6-9,12,16H,3-5,10-11H2,(H,21,24)(H,22,23). The molecule has 2 N–H and O–H groups in total. The number of anilines is 1. The molecule has 0 atom stereocenters. The second-order valence-corrected chi connectivity index (χ2v) is 6.58. The van der Waals surface area contributed by atoms with Crippen LogP contribution in [-0.2, 0) is 12.8 Å². The molecule has 1 fully saturated rings. The molecule has 0 spiro atoms. The summed E-state index contributed by atoms with van der Waals surface area (Å²) in [6, 6.07) is 13.3. The monoisotopic (exact) mass is 320 g/mol. The fourth-order valence-corrected chi connectivity index (χ4v) is 3.19. The number of hydrogen-bond donors (Lipinski definition) is 2. The van der Waals surface area contributed by atoms with Gasteiger partial charge < -0.3 is 10.6 Å². The third-order valence-corrected chi connectivity index (χ3v) is 4.69. The van der Waals surface area contributed by atoms with E-state index in [1.807, 2.05) is 30.3 Å². The molecule has 4 nitrogen and oxygen atoms in total. The van der Waals surface area contributed by atoms with Crippen LogP contribution in [0.15, 0.2) is 42.5 Å². The molecule has 0 radical (unpaired) electrons. The normalized spacial score (nSPS) is 15.7. The van der Waals surface area contributed by atoms with E-state index in [-0.39, 0.29) is 17.9 Å². The molecule has 122 valence electrons. The zero-order valence-electron chi connectivity index (χ0n) is 13.5. The van der Waals surface area contributed by atoms with Crippen molar-refractivity contribution in [1.29, 1.82) is 0 Å². The fourth-order valence-electron chi connectivity index (χ4n) is 3.19. The van der Waals surface area contributed by atoms with Crippen molar-refractivity contribution in [2.24, 2.45) is 0 Å². The minimum atomic E-state index is -0.170. The number of aryl methyl sites for hydroxylation is 2. The number of amides is 2. The summed E-state index contributed by atoms with van der Waals surface area (Å²) in [5.74, 6) is -0.293. The summed E-state index contributed by atoms with van der Waals surface area (Å²) in [5.41, 5.74) is 4.33. The Hall–Kier alpha value is -2.62. The highest BCUT2D eigenvalue weighted by molar-refractivity contribution is 6.09. The van der Waals surface area contributed by atoms with Gasteiger partial charge in [-0.1, -0.05) is 18.2 Å². The zero-order valence-corrected chi connectivity index (χ0v) is 13.5. The highest BCUT2D eigenvalue weighted by Crippen LogP contribution is 2.24. The predicted molar refractivity (Wildman–Crippen MR) is 93.4 cm³/mol. The summed E-state index contributed by atoms with van der Waals surface area (Å²) in [7, 11) is 0. The summed E-state index contributed by atoms with van der Waals surface area (Å²) in [6.45, 7) is 0. The number of nitrogens with one attached hydrogen (secondary N) is 2. The first kappa shape index (κ1) is 14.9. The molecule has 0 saturated heterocycles. The van der Waals surface area contributed by atoms with Crippen LogP contribution in [0.4, 0.5) is 5.69 Å². The largest absolute Gasteiger partial charge is 0.349 e. The van der Waals surface area contributed by atoms with Crippen molar-refractivity contribution in [2.75, 3.05) is 5.32 Å². The lowest BCUT2D eigenvalue weighted by molar-refractivity contribution is 0.0952. The topological polar surface area (TPSA) is 58.2 Å². The molecule has 0 unspecified atom stereocenters. The molecule has 2 aliphatic rings. The average molecular weight is 320 g/mol. The van der Waals surface area contributed by atoms with Crippen LogP contribution < -0.4 is 10.6 Å². The van der Waals surface area contributed by atoms with Crippen LogP contribution >= 0.6 is 0 Å². The first-order valence-electron chi connectivity index (χ1n) is 8.54. The summed E-state index contributed by atoms with van der Waals surface area (Å²) >= 11 is 0. The quantitative estimate of drug-likeness (QED) is 0.908. The third kappa shape index (κ3) is 3.04. The summed E-state index contributed by atoms with van der Waals surface area (Å²) in [4.78, 5) is 24.9. The number of para-hydroxylation sites is 1. The molecular formula is C20H20N2O2. The Morgan fingerprint density at radius 2 is 1.71 bits per heavy atom. The van der Waals surface area contributed by atoms with Gasteiger partial charge in [-0.2, -0.15) is 0 Å². The second kappa shape index (κ2) is 6.11. The molecule has 4 rings (SSSR count). The van der Waals surface area contributed by atoms with Crippen LogP contribution in [0, 0.1) is 0 Å². The van der Waals surface area contributed by atoms with Gasteiger partial charge in [0.2, 0.25) is 0 Å². The Bertz CT molecular complexity index is 809. The van der Waals surface area contributed by atoms with E-state index in [2.05, 4.69) is 10.6 Å². The maximum Gasteiger partial charge on any atom is 0.255 e. The predicted octanol–water partition coefficient (Wildman–Crippen LogP) is 3.32. The molecule has 2 aliphatic carbocycles. The minimum absolute atomic E-state index is 0.123. The molecule has 4 heteroatoms. The minimum Gasteiger partial charge on any atom is -0.349 e. The first-order valence-corrected chi connectivity index (χ1v) is 8.54. The SMILES string of the molecule is O=C(Nc1ccccc1C(=O)NC1CC1)c1ccc2c(c1)CCC2. The number of carbonyl (C=O) groups excluding carboxylic acids is 2. The van der Waals surface area contributed by atoms with E-state index in [0.717, 1.165) is 32.1 Å². The van der Waals surface area contributed by atoms with Crippen LogP contribution in [0.25, 0.3) is 0 Å². The Labute approximate surface area is 141 Å². The van der Waals surface area contributed by atoms with Gasteiger partial charge in [-0.05, 0) is 67.5 Å². The molecule has 2 aromatic carbocycles. The maximum absolute atomic E-state index is 12.6. The van der Waals surface area contributed by atoms with Crippen molar-refractivity contribution in [2.45, 2.75) is 38.1 Å². The van der Waals surface area contributed by atoms with Gasteiger partial charge in [0.15, 0.2) is 0 Å². The second-order valence-electron chi connectivity index (χ2n) is 6.58. The molecule has 2 amide bonds. The zero-order chi connectivity index (χ0) is 16.5. The van der Waals surface area contributed by atoms with Gasteiger partial charge in [0.05, 0.1) is 11.3 Å². The van der Waals surface area contributed by atoms with E-state index in [1.54, 1.807) is 12.1 Å². The van der Waals surface area contributed by atoms with Gasteiger partial charge in [-0.25, -0.2) is 0 Å². The van der Waals surface area contributed by atoms with E-state index >= 15 is 0 Å². The summed E-state index contributed by atoms with van der Waals surface area (Å²) < 4.78 is 0. The number of carbonyl (C=O) groups is 2. The number of hydrogen-bond acceptors (Lipinski definition) is 2. The summed E-state index contributed by atoms with van der Waals surface area (Å²) in [5, 5.41) is 5.86. The molecule has 0 aliphatic heterocycles. The van der Waals surface area contributed by atoms with Crippen molar-refractivity contribution in [3.8, 4) is 0 Å². The molecule has 0 bridgehead atoms. The lowest BCUT2D eigenvalue weighted by Gasteiger charge is -2.12. The molecular weight excluding hydrogens is 300 g/mol. The van der Waals surface area contributed by atoms with E-state index in [0.29, 0.717) is 16.8 Å². The third-order valence-electron chi connectivity index (χ3n) is 4.69. The molecule has 1 saturated carbocycles. The van der Waals surface area contributed by atoms with Crippen LogP contribution in [0.5, 0.6) is 0 Å². The maximum atomic E-state index is 12.6. The van der Waals surface area contributed by atoms with Crippen molar-refractivity contribution in [3.05, 3.63) is 64.7 Å². The van der Waals surface area contributed by atoms with Crippen LogP contribution in [0.2, 0.25) is 0 Å². The Kier molecular flexibility index (Phi) is 3.81. The van der Waals surface area contributed by atoms with E-state index in [9.17, 15) is 9.59 Å². The van der Waals surface area contributed by atoms with Gasteiger partial charge >= 0.3 is 0 Å². The van der Waals surface area contributed by atoms with Crippen LogP contribution in [0.3, 0.4) is 0 Å². The van der Waals surface area contributed by atoms with Crippen molar-refractivity contribution in [3.63, 3.8) is 0 Å². The van der Waals surface area contributed by atoms with Gasteiger partial charge in [0.1, 0.15) is 0 Å². The van der Waals surface area contributed by atoms with Crippen molar-refractivity contribution < 1.29 is 9.59 Å². The summed E-state index contributed by atoms with van der Waals surface area (Å²) in [6.07, 6.45) is 5.37. The van der Waals surface area contributed by atoms with Crippen LogP contribution in [0.1, 0.15) is 51.1 Å².